The maximum Gasteiger partial charge on any atom is 0.415 e. The lowest BCUT2D eigenvalue weighted by Crippen LogP contribution is -2.48. The number of aromatic nitrogens is 2. The van der Waals surface area contributed by atoms with Crippen LogP contribution >= 0.6 is 23.4 Å². The van der Waals surface area contributed by atoms with Crippen LogP contribution in [-0.4, -0.2) is 16.3 Å². The van der Waals surface area contributed by atoms with E-state index in [9.17, 15) is 13.2 Å². The molecule has 1 atom stereocenters. The molecule has 114 valence electrons. The maximum absolute atomic E-state index is 12.8. The molecule has 2 N–H and O–H groups in total. The minimum atomic E-state index is -4.67. The molecular weight excluding hydrogens is 327 g/mol. The smallest absolute Gasteiger partial charge is 0.337 e. The first-order valence-electron chi connectivity index (χ1n) is 5.77. The molecular formula is C12H11ClF3N3OS. The van der Waals surface area contributed by atoms with Crippen LogP contribution in [0, 0.1) is 0 Å². The summed E-state index contributed by atoms with van der Waals surface area (Å²) in [6.45, 7) is 0.786. The van der Waals surface area contributed by atoms with Crippen molar-refractivity contribution >= 4 is 23.4 Å². The lowest BCUT2D eigenvalue weighted by Gasteiger charge is -2.22. The zero-order chi connectivity index (χ0) is 15.7. The maximum atomic E-state index is 12.8. The number of benzene rings is 1. The third-order valence-corrected chi connectivity index (χ3v) is 3.89. The van der Waals surface area contributed by atoms with E-state index in [0.717, 1.165) is 11.8 Å². The van der Waals surface area contributed by atoms with Gasteiger partial charge in [-0.15, -0.1) is 11.8 Å². The number of thioether (sulfide) groups is 1. The minimum Gasteiger partial charge on any atom is -0.337 e. The molecule has 4 nitrogen and oxygen atoms in total. The summed E-state index contributed by atoms with van der Waals surface area (Å²) < 4.78 is 42.9. The Bertz CT molecular complexity index is 630. The van der Waals surface area contributed by atoms with Crippen molar-refractivity contribution in [3.8, 4) is 0 Å². The molecule has 2 rings (SSSR count). The van der Waals surface area contributed by atoms with Crippen LogP contribution in [0.15, 0.2) is 33.7 Å². The average molecular weight is 338 g/mol. The van der Waals surface area contributed by atoms with Gasteiger partial charge in [0.1, 0.15) is 0 Å². The Morgan fingerprint density at radius 1 is 1.38 bits per heavy atom. The zero-order valence-electron chi connectivity index (χ0n) is 10.8. The second-order valence-electron chi connectivity index (χ2n) is 4.46. The lowest BCUT2D eigenvalue weighted by molar-refractivity contribution is -0.190. The van der Waals surface area contributed by atoms with E-state index < -0.39 is 17.6 Å². The number of nitrogens with two attached hydrogens (primary N) is 1. The number of hydrogen-bond acceptors (Lipinski definition) is 5. The first kappa shape index (κ1) is 16.1. The fourth-order valence-corrected chi connectivity index (χ4v) is 2.40. The molecule has 9 heteroatoms. The summed E-state index contributed by atoms with van der Waals surface area (Å²) in [5.74, 6) is -0.273. The Labute approximate surface area is 127 Å². The summed E-state index contributed by atoms with van der Waals surface area (Å²) in [6.07, 6.45) is -4.67. The SMILES string of the molecule is CC(N)(c1nc(CSc2cccc(Cl)c2)no1)C(F)(F)F. The van der Waals surface area contributed by atoms with Crippen LogP contribution in [0.5, 0.6) is 0 Å². The zero-order valence-corrected chi connectivity index (χ0v) is 12.4. The van der Waals surface area contributed by atoms with Crippen molar-refractivity contribution in [3.05, 3.63) is 41.0 Å². The minimum absolute atomic E-state index is 0.135. The molecule has 21 heavy (non-hydrogen) atoms. The Balaban J connectivity index is 2.07. The van der Waals surface area contributed by atoms with Crippen LogP contribution in [0.25, 0.3) is 0 Å². The van der Waals surface area contributed by atoms with E-state index >= 15 is 0 Å². The normalized spacial score (nSPS) is 15.0. The highest BCUT2D eigenvalue weighted by Gasteiger charge is 2.53. The quantitative estimate of drug-likeness (QED) is 0.861. The first-order chi connectivity index (χ1) is 9.70. The molecule has 0 saturated heterocycles. The molecule has 2 aromatic rings. The fraction of sp³-hybridized carbons (Fsp3) is 0.333. The van der Waals surface area contributed by atoms with Crippen LogP contribution in [0.1, 0.15) is 18.6 Å². The van der Waals surface area contributed by atoms with Crippen LogP contribution in [-0.2, 0) is 11.3 Å². The third-order valence-electron chi connectivity index (χ3n) is 2.67. The van der Waals surface area contributed by atoms with Gasteiger partial charge in [0.2, 0.25) is 0 Å². The van der Waals surface area contributed by atoms with Gasteiger partial charge in [-0.25, -0.2) is 0 Å². The first-order valence-corrected chi connectivity index (χ1v) is 7.13. The molecule has 0 amide bonds. The Hall–Kier alpha value is -1.25. The second kappa shape index (κ2) is 5.86. The van der Waals surface area contributed by atoms with E-state index in [1.54, 1.807) is 18.2 Å². The van der Waals surface area contributed by atoms with Gasteiger partial charge in [0.05, 0.1) is 5.75 Å². The summed E-state index contributed by atoms with van der Waals surface area (Å²) in [5, 5.41) is 4.08. The molecule has 0 fully saturated rings. The summed E-state index contributed by atoms with van der Waals surface area (Å²) in [6, 6.07) is 7.05. The second-order valence-corrected chi connectivity index (χ2v) is 5.95. The van der Waals surface area contributed by atoms with E-state index in [1.807, 2.05) is 6.07 Å². The van der Waals surface area contributed by atoms with Gasteiger partial charge in [0.25, 0.3) is 5.89 Å². The summed E-state index contributed by atoms with van der Waals surface area (Å²) >= 11 is 7.16. The largest absolute Gasteiger partial charge is 0.415 e. The standard InChI is InChI=1S/C12H11ClF3N3OS/c1-11(17,12(14,15)16)10-18-9(19-20-10)6-21-8-4-2-3-7(13)5-8/h2-5H,6,17H2,1H3. The Kier molecular flexibility index (Phi) is 4.50. The molecule has 0 aliphatic rings. The van der Waals surface area contributed by atoms with E-state index in [0.29, 0.717) is 5.02 Å². The van der Waals surface area contributed by atoms with Crippen LogP contribution < -0.4 is 5.73 Å². The summed E-state index contributed by atoms with van der Waals surface area (Å²) in [5.41, 5.74) is 2.54. The fourth-order valence-electron chi connectivity index (χ4n) is 1.35. The van der Waals surface area contributed by atoms with Crippen molar-refractivity contribution in [1.82, 2.24) is 10.1 Å². The molecule has 1 aromatic carbocycles. The number of alkyl halides is 3. The number of hydrogen-bond donors (Lipinski definition) is 1. The predicted molar refractivity (Wildman–Crippen MR) is 72.9 cm³/mol. The highest BCUT2D eigenvalue weighted by atomic mass is 35.5. The van der Waals surface area contributed by atoms with Crippen LogP contribution in [0.2, 0.25) is 5.02 Å². The Morgan fingerprint density at radius 3 is 2.71 bits per heavy atom. The van der Waals surface area contributed by atoms with Crippen molar-refractivity contribution in [2.45, 2.75) is 29.3 Å². The van der Waals surface area contributed by atoms with Gasteiger partial charge in [-0.2, -0.15) is 18.2 Å². The van der Waals surface area contributed by atoms with Crippen molar-refractivity contribution < 1.29 is 17.7 Å². The van der Waals surface area contributed by atoms with Gasteiger partial charge < -0.3 is 10.3 Å². The van der Waals surface area contributed by atoms with Gasteiger partial charge in [-0.05, 0) is 25.1 Å². The molecule has 0 radical (unpaired) electrons. The summed E-state index contributed by atoms with van der Waals surface area (Å²) in [7, 11) is 0. The summed E-state index contributed by atoms with van der Waals surface area (Å²) in [4.78, 5) is 4.56. The molecule has 0 aliphatic carbocycles. The van der Waals surface area contributed by atoms with Crippen molar-refractivity contribution in [2.75, 3.05) is 0 Å². The molecule has 0 aliphatic heterocycles. The van der Waals surface area contributed by atoms with Crippen molar-refractivity contribution in [1.29, 1.82) is 0 Å². The van der Waals surface area contributed by atoms with E-state index in [4.69, 9.17) is 17.3 Å². The monoisotopic (exact) mass is 337 g/mol. The van der Waals surface area contributed by atoms with E-state index in [1.165, 1.54) is 11.8 Å². The van der Waals surface area contributed by atoms with E-state index in [2.05, 4.69) is 14.7 Å². The van der Waals surface area contributed by atoms with Gasteiger partial charge in [-0.3, -0.25) is 0 Å². The van der Waals surface area contributed by atoms with Crippen molar-refractivity contribution in [3.63, 3.8) is 0 Å². The molecule has 1 aromatic heterocycles. The predicted octanol–water partition coefficient (Wildman–Crippen LogP) is 3.75. The lowest BCUT2D eigenvalue weighted by atomic mass is 10.0. The van der Waals surface area contributed by atoms with Crippen molar-refractivity contribution in [2.24, 2.45) is 5.73 Å². The van der Waals surface area contributed by atoms with Gasteiger partial charge >= 0.3 is 6.18 Å². The molecule has 1 heterocycles. The third kappa shape index (κ3) is 3.69. The van der Waals surface area contributed by atoms with E-state index in [-0.39, 0.29) is 11.6 Å². The van der Waals surface area contributed by atoms with Crippen LogP contribution in [0.4, 0.5) is 13.2 Å². The number of halogens is 4. The van der Waals surface area contributed by atoms with Gasteiger partial charge in [0.15, 0.2) is 11.4 Å². The van der Waals surface area contributed by atoms with Gasteiger partial charge in [0, 0.05) is 9.92 Å². The molecule has 0 saturated carbocycles. The highest BCUT2D eigenvalue weighted by Crippen LogP contribution is 2.35. The number of nitrogens with zero attached hydrogens (tertiary/aromatic N) is 2. The molecule has 1 unspecified atom stereocenters. The topological polar surface area (TPSA) is 64.9 Å². The van der Waals surface area contributed by atoms with Crippen LogP contribution in [0.3, 0.4) is 0 Å². The number of rotatable bonds is 4. The molecule has 0 spiro atoms. The Morgan fingerprint density at radius 2 is 2.10 bits per heavy atom. The average Bonchev–Trinajstić information content (AvgIpc) is 2.84. The molecule has 0 bridgehead atoms. The van der Waals surface area contributed by atoms with Gasteiger partial charge in [-0.1, -0.05) is 22.8 Å². The highest BCUT2D eigenvalue weighted by molar-refractivity contribution is 7.98.